The fraction of sp³-hybridized carbons (Fsp3) is 0.800. The van der Waals surface area contributed by atoms with Crippen LogP contribution >= 0.6 is 0 Å². The van der Waals surface area contributed by atoms with E-state index in [1.165, 1.54) is 12.8 Å². The van der Waals surface area contributed by atoms with Crippen LogP contribution in [-0.4, -0.2) is 24.8 Å². The molecule has 1 saturated carbocycles. The Morgan fingerprint density at radius 3 is 2.77 bits per heavy atom. The van der Waals surface area contributed by atoms with Crippen LogP contribution in [0.2, 0.25) is 0 Å². The molecule has 0 aromatic heterocycles. The van der Waals surface area contributed by atoms with Crippen LogP contribution in [0.1, 0.15) is 33.1 Å². The summed E-state index contributed by atoms with van der Waals surface area (Å²) in [6.45, 7) is 5.05. The molecule has 0 aliphatic heterocycles. The Balaban J connectivity index is 2.17. The van der Waals surface area contributed by atoms with Crippen molar-refractivity contribution < 1.29 is 9.53 Å². The van der Waals surface area contributed by atoms with Gasteiger partial charge in [0.05, 0.1) is 13.0 Å². The third-order valence-electron chi connectivity index (χ3n) is 2.02. The molecule has 0 unspecified atom stereocenters. The highest BCUT2D eigenvalue weighted by molar-refractivity contribution is 5.97. The molecule has 1 fully saturated rings. The van der Waals surface area contributed by atoms with Crippen LogP contribution in [0.5, 0.6) is 0 Å². The van der Waals surface area contributed by atoms with E-state index in [1.807, 2.05) is 13.8 Å². The summed E-state index contributed by atoms with van der Waals surface area (Å²) in [6, 6.07) is 0. The molecular weight excluding hydrogens is 166 g/mol. The summed E-state index contributed by atoms with van der Waals surface area (Å²) in [5, 5.41) is 0. The van der Waals surface area contributed by atoms with Gasteiger partial charge >= 0.3 is 5.97 Å². The number of carbonyl (C=O) groups is 1. The van der Waals surface area contributed by atoms with E-state index in [4.69, 9.17) is 4.74 Å². The third-order valence-corrected chi connectivity index (χ3v) is 2.02. The number of carbonyl (C=O) groups excluding carboxylic acids is 1. The second kappa shape index (κ2) is 5.00. The zero-order valence-electron chi connectivity index (χ0n) is 8.38. The van der Waals surface area contributed by atoms with E-state index in [-0.39, 0.29) is 5.97 Å². The molecule has 1 aliphatic rings. The Kier molecular flexibility index (Phi) is 3.93. The first-order valence-corrected chi connectivity index (χ1v) is 4.88. The molecule has 0 spiro atoms. The number of esters is 1. The molecule has 0 radical (unpaired) electrons. The molecule has 1 aliphatic carbocycles. The second-order valence-corrected chi connectivity index (χ2v) is 3.50. The Labute approximate surface area is 79.2 Å². The van der Waals surface area contributed by atoms with Gasteiger partial charge < -0.3 is 4.74 Å². The molecule has 0 heterocycles. The Morgan fingerprint density at radius 2 is 2.23 bits per heavy atom. The molecule has 0 bridgehead atoms. The van der Waals surface area contributed by atoms with Gasteiger partial charge in [-0.3, -0.25) is 9.79 Å². The quantitative estimate of drug-likeness (QED) is 0.481. The summed E-state index contributed by atoms with van der Waals surface area (Å²) in [5.74, 6) is 0.622. The van der Waals surface area contributed by atoms with Gasteiger partial charge in [0, 0.05) is 12.3 Å². The van der Waals surface area contributed by atoms with Crippen LogP contribution in [0.15, 0.2) is 4.99 Å². The predicted octanol–water partition coefficient (Wildman–Crippen LogP) is 1.81. The van der Waals surface area contributed by atoms with Gasteiger partial charge in [-0.25, -0.2) is 0 Å². The molecule has 3 heteroatoms. The first kappa shape index (κ1) is 10.2. The zero-order valence-corrected chi connectivity index (χ0v) is 8.38. The lowest BCUT2D eigenvalue weighted by Crippen LogP contribution is -2.09. The highest BCUT2D eigenvalue weighted by Crippen LogP contribution is 2.28. The van der Waals surface area contributed by atoms with Gasteiger partial charge in [-0.1, -0.05) is 0 Å². The lowest BCUT2D eigenvalue weighted by atomic mass is 10.3. The molecule has 0 saturated heterocycles. The first-order chi connectivity index (χ1) is 6.22. The molecule has 0 N–H and O–H groups in total. The van der Waals surface area contributed by atoms with Crippen LogP contribution in [-0.2, 0) is 9.53 Å². The van der Waals surface area contributed by atoms with Gasteiger partial charge in [0.2, 0.25) is 0 Å². The average molecular weight is 183 g/mol. The maximum absolute atomic E-state index is 11.0. The minimum atomic E-state index is -0.167. The van der Waals surface area contributed by atoms with Crippen LogP contribution < -0.4 is 0 Å². The van der Waals surface area contributed by atoms with Crippen molar-refractivity contribution >= 4 is 11.7 Å². The largest absolute Gasteiger partial charge is 0.466 e. The predicted molar refractivity (Wildman–Crippen MR) is 52.0 cm³/mol. The van der Waals surface area contributed by atoms with Crippen molar-refractivity contribution in [2.75, 3.05) is 13.2 Å². The molecule has 3 nitrogen and oxygen atoms in total. The summed E-state index contributed by atoms with van der Waals surface area (Å²) < 4.78 is 4.82. The highest BCUT2D eigenvalue weighted by Gasteiger charge is 2.20. The topological polar surface area (TPSA) is 38.7 Å². The number of ether oxygens (including phenoxy) is 1. The number of rotatable bonds is 5. The van der Waals surface area contributed by atoms with E-state index in [2.05, 4.69) is 4.99 Å². The zero-order chi connectivity index (χ0) is 9.68. The maximum Gasteiger partial charge on any atom is 0.311 e. The third kappa shape index (κ3) is 4.65. The van der Waals surface area contributed by atoms with Crippen LogP contribution in [0.3, 0.4) is 0 Å². The Bertz CT molecular complexity index is 207. The minimum absolute atomic E-state index is 0.167. The van der Waals surface area contributed by atoms with E-state index in [0.29, 0.717) is 13.0 Å². The average Bonchev–Trinajstić information content (AvgIpc) is 2.84. The lowest BCUT2D eigenvalue weighted by Gasteiger charge is -2.00. The number of hydrogen-bond acceptors (Lipinski definition) is 3. The highest BCUT2D eigenvalue weighted by atomic mass is 16.5. The van der Waals surface area contributed by atoms with Gasteiger partial charge in [-0.2, -0.15) is 0 Å². The van der Waals surface area contributed by atoms with Crippen molar-refractivity contribution in [3.8, 4) is 0 Å². The summed E-state index contributed by atoms with van der Waals surface area (Å²) in [7, 11) is 0. The van der Waals surface area contributed by atoms with E-state index in [9.17, 15) is 4.79 Å². The summed E-state index contributed by atoms with van der Waals surface area (Å²) in [5.41, 5.74) is 0.894. The van der Waals surface area contributed by atoms with Gasteiger partial charge in [0.15, 0.2) is 0 Å². The van der Waals surface area contributed by atoms with Crippen LogP contribution in [0.25, 0.3) is 0 Å². The van der Waals surface area contributed by atoms with Gasteiger partial charge in [-0.05, 0) is 32.6 Å². The molecule has 0 atom stereocenters. The van der Waals surface area contributed by atoms with E-state index in [1.54, 1.807) is 0 Å². The standard InChI is InChI=1S/C10H17NO2/c1-3-13-10(12)6-8(2)11-7-9-4-5-9/h9H,3-7H2,1-2H3/b11-8+. The van der Waals surface area contributed by atoms with Crippen LogP contribution in [0.4, 0.5) is 0 Å². The van der Waals surface area contributed by atoms with Gasteiger partial charge in [-0.15, -0.1) is 0 Å². The van der Waals surface area contributed by atoms with E-state index < -0.39 is 0 Å². The number of aliphatic imine (C=N–C) groups is 1. The molecule has 0 aromatic carbocycles. The molecule has 0 aromatic rings. The monoisotopic (exact) mass is 183 g/mol. The second-order valence-electron chi connectivity index (χ2n) is 3.50. The Morgan fingerprint density at radius 1 is 1.54 bits per heavy atom. The summed E-state index contributed by atoms with van der Waals surface area (Å²) in [6.07, 6.45) is 2.95. The summed E-state index contributed by atoms with van der Waals surface area (Å²) in [4.78, 5) is 15.3. The molecule has 0 amide bonds. The maximum atomic E-state index is 11.0. The Hall–Kier alpha value is -0.860. The van der Waals surface area contributed by atoms with Crippen molar-refractivity contribution in [2.24, 2.45) is 10.9 Å². The van der Waals surface area contributed by atoms with Crippen molar-refractivity contribution in [3.05, 3.63) is 0 Å². The van der Waals surface area contributed by atoms with Crippen molar-refractivity contribution in [1.29, 1.82) is 0 Å². The number of hydrogen-bond donors (Lipinski definition) is 0. The normalized spacial score (nSPS) is 17.2. The van der Waals surface area contributed by atoms with E-state index >= 15 is 0 Å². The van der Waals surface area contributed by atoms with Gasteiger partial charge in [0.25, 0.3) is 0 Å². The molecular formula is C10H17NO2. The molecule has 74 valence electrons. The van der Waals surface area contributed by atoms with Gasteiger partial charge in [0.1, 0.15) is 0 Å². The summed E-state index contributed by atoms with van der Waals surface area (Å²) >= 11 is 0. The fourth-order valence-corrected chi connectivity index (χ4v) is 1.06. The van der Waals surface area contributed by atoms with Crippen molar-refractivity contribution in [1.82, 2.24) is 0 Å². The van der Waals surface area contributed by atoms with Crippen LogP contribution in [0, 0.1) is 5.92 Å². The molecule has 1 rings (SSSR count). The number of nitrogens with zero attached hydrogens (tertiary/aromatic N) is 1. The van der Waals surface area contributed by atoms with Crippen molar-refractivity contribution in [2.45, 2.75) is 33.1 Å². The lowest BCUT2D eigenvalue weighted by molar-refractivity contribution is -0.141. The fourth-order valence-electron chi connectivity index (χ4n) is 1.06. The smallest absolute Gasteiger partial charge is 0.311 e. The first-order valence-electron chi connectivity index (χ1n) is 4.88. The minimum Gasteiger partial charge on any atom is -0.466 e. The van der Waals surface area contributed by atoms with E-state index in [0.717, 1.165) is 18.2 Å². The SMILES string of the molecule is CCOC(=O)C/C(C)=N/CC1CC1. The van der Waals surface area contributed by atoms with Crippen molar-refractivity contribution in [3.63, 3.8) is 0 Å². The molecule has 13 heavy (non-hydrogen) atoms.